The average Bonchev–Trinajstić information content (AvgIpc) is 3.13. The first-order valence-corrected chi connectivity index (χ1v) is 6.38. The Morgan fingerprint density at radius 2 is 2.28 bits per heavy atom. The van der Waals surface area contributed by atoms with Crippen molar-refractivity contribution in [3.63, 3.8) is 0 Å². The van der Waals surface area contributed by atoms with Crippen molar-refractivity contribution in [2.75, 3.05) is 31.2 Å². The zero-order valence-electron chi connectivity index (χ0n) is 10.2. The first-order chi connectivity index (χ1) is 8.85. The molecule has 0 aromatic carbocycles. The topological polar surface area (TPSA) is 83.7 Å². The maximum atomic E-state index is 9.08. The zero-order valence-corrected chi connectivity index (χ0v) is 10.2. The minimum absolute atomic E-state index is 0.0146. The molecule has 2 N–H and O–H groups in total. The van der Waals surface area contributed by atoms with Crippen molar-refractivity contribution in [2.45, 2.75) is 31.5 Å². The monoisotopic (exact) mass is 254 g/mol. The number of aromatic nitrogens is 2. The maximum absolute atomic E-state index is 9.08. The standard InChI is InChI=1S/C11H18N4O3/c16-7-9-6-15(3-4-17-9)11-14-13-10(18-11)5-12-8-1-2-8/h8-9,12,16H,1-7H2. The SMILES string of the molecule is OCC1CN(c2nnc(CNC3CC3)o2)CCO1. The van der Waals surface area contributed by atoms with Gasteiger partial charge in [-0.15, -0.1) is 5.10 Å². The van der Waals surface area contributed by atoms with Crippen molar-refractivity contribution < 1.29 is 14.3 Å². The molecule has 2 fully saturated rings. The van der Waals surface area contributed by atoms with E-state index in [2.05, 4.69) is 15.5 Å². The Hall–Kier alpha value is -1.18. The van der Waals surface area contributed by atoms with Crippen molar-refractivity contribution in [1.29, 1.82) is 0 Å². The lowest BCUT2D eigenvalue weighted by molar-refractivity contribution is 0.00224. The van der Waals surface area contributed by atoms with E-state index in [1.54, 1.807) is 0 Å². The second-order valence-electron chi connectivity index (χ2n) is 4.75. The highest BCUT2D eigenvalue weighted by Gasteiger charge is 2.25. The predicted molar refractivity (Wildman–Crippen MR) is 63.2 cm³/mol. The van der Waals surface area contributed by atoms with Crippen LogP contribution < -0.4 is 10.2 Å². The maximum Gasteiger partial charge on any atom is 0.318 e. The molecule has 2 heterocycles. The van der Waals surface area contributed by atoms with Crippen LogP contribution in [0.15, 0.2) is 4.42 Å². The van der Waals surface area contributed by atoms with Gasteiger partial charge in [0.25, 0.3) is 0 Å². The van der Waals surface area contributed by atoms with Gasteiger partial charge in [0.15, 0.2) is 0 Å². The smallest absolute Gasteiger partial charge is 0.318 e. The largest absolute Gasteiger partial charge is 0.407 e. The average molecular weight is 254 g/mol. The van der Waals surface area contributed by atoms with E-state index in [9.17, 15) is 0 Å². The zero-order chi connectivity index (χ0) is 12.4. The number of nitrogens with one attached hydrogen (secondary N) is 1. The Balaban J connectivity index is 1.57. The number of morpholine rings is 1. The van der Waals surface area contributed by atoms with E-state index in [0.717, 1.165) is 0 Å². The Morgan fingerprint density at radius 1 is 1.39 bits per heavy atom. The molecule has 7 nitrogen and oxygen atoms in total. The number of aliphatic hydroxyl groups excluding tert-OH is 1. The van der Waals surface area contributed by atoms with Crippen molar-refractivity contribution in [1.82, 2.24) is 15.5 Å². The van der Waals surface area contributed by atoms with Crippen molar-refractivity contribution >= 4 is 6.01 Å². The van der Waals surface area contributed by atoms with Gasteiger partial charge in [-0.1, -0.05) is 5.10 Å². The second kappa shape index (κ2) is 5.21. The molecule has 1 unspecified atom stereocenters. The summed E-state index contributed by atoms with van der Waals surface area (Å²) in [6.07, 6.45) is 2.31. The van der Waals surface area contributed by atoms with Crippen LogP contribution in [-0.4, -0.2) is 53.8 Å². The Bertz CT molecular complexity index is 393. The molecule has 1 aliphatic heterocycles. The van der Waals surface area contributed by atoms with Gasteiger partial charge in [-0.25, -0.2) is 0 Å². The van der Waals surface area contributed by atoms with Gasteiger partial charge < -0.3 is 24.5 Å². The van der Waals surface area contributed by atoms with E-state index in [1.165, 1.54) is 12.8 Å². The lowest BCUT2D eigenvalue weighted by atomic mass is 10.3. The predicted octanol–water partition coefficient (Wildman–Crippen LogP) is -0.481. The van der Waals surface area contributed by atoms with Gasteiger partial charge in [0.05, 0.1) is 32.4 Å². The van der Waals surface area contributed by atoms with E-state index in [0.29, 0.717) is 44.2 Å². The summed E-state index contributed by atoms with van der Waals surface area (Å²) < 4.78 is 11.0. The van der Waals surface area contributed by atoms with Gasteiger partial charge in [0, 0.05) is 12.6 Å². The lowest BCUT2D eigenvalue weighted by Crippen LogP contribution is -2.44. The molecule has 2 aliphatic rings. The summed E-state index contributed by atoms with van der Waals surface area (Å²) in [5.74, 6) is 0.615. The van der Waals surface area contributed by atoms with Gasteiger partial charge in [0.1, 0.15) is 0 Å². The molecular formula is C11H18N4O3. The minimum atomic E-state index is -0.168. The van der Waals surface area contributed by atoms with Gasteiger partial charge >= 0.3 is 6.01 Å². The first-order valence-electron chi connectivity index (χ1n) is 6.38. The fourth-order valence-corrected chi connectivity index (χ4v) is 1.97. The number of rotatable bonds is 5. The van der Waals surface area contributed by atoms with Gasteiger partial charge in [-0.2, -0.15) is 0 Å². The molecule has 1 saturated carbocycles. The highest BCUT2D eigenvalue weighted by Crippen LogP contribution is 2.20. The molecule has 0 bridgehead atoms. The summed E-state index contributed by atoms with van der Waals surface area (Å²) >= 11 is 0. The van der Waals surface area contributed by atoms with Crippen LogP contribution in [0.4, 0.5) is 6.01 Å². The van der Waals surface area contributed by atoms with Crippen LogP contribution >= 0.6 is 0 Å². The highest BCUT2D eigenvalue weighted by molar-refractivity contribution is 5.25. The normalized spacial score (nSPS) is 24.5. The van der Waals surface area contributed by atoms with Crippen molar-refractivity contribution in [2.24, 2.45) is 0 Å². The van der Waals surface area contributed by atoms with Crippen LogP contribution in [0.1, 0.15) is 18.7 Å². The van der Waals surface area contributed by atoms with Crippen molar-refractivity contribution in [3.05, 3.63) is 5.89 Å². The second-order valence-corrected chi connectivity index (χ2v) is 4.75. The molecular weight excluding hydrogens is 236 g/mol. The van der Waals surface area contributed by atoms with Crippen LogP contribution in [0.25, 0.3) is 0 Å². The number of nitrogens with zero attached hydrogens (tertiary/aromatic N) is 3. The number of aliphatic hydroxyl groups is 1. The van der Waals surface area contributed by atoms with Crippen LogP contribution in [0.5, 0.6) is 0 Å². The highest BCUT2D eigenvalue weighted by atomic mass is 16.5. The Morgan fingerprint density at radius 3 is 3.06 bits per heavy atom. The fourth-order valence-electron chi connectivity index (χ4n) is 1.97. The fraction of sp³-hybridized carbons (Fsp3) is 0.818. The van der Waals surface area contributed by atoms with E-state index < -0.39 is 0 Å². The van der Waals surface area contributed by atoms with Gasteiger partial charge in [-0.05, 0) is 12.8 Å². The summed E-state index contributed by atoms with van der Waals surface area (Å²) in [4.78, 5) is 1.96. The Kier molecular flexibility index (Phi) is 3.44. The van der Waals surface area contributed by atoms with E-state index in [1.807, 2.05) is 4.90 Å². The molecule has 1 atom stereocenters. The summed E-state index contributed by atoms with van der Waals surface area (Å²) in [7, 11) is 0. The summed E-state index contributed by atoms with van der Waals surface area (Å²) in [5.41, 5.74) is 0. The molecule has 3 rings (SSSR count). The third-order valence-electron chi connectivity index (χ3n) is 3.19. The molecule has 18 heavy (non-hydrogen) atoms. The number of ether oxygens (including phenoxy) is 1. The molecule has 0 radical (unpaired) electrons. The third-order valence-corrected chi connectivity index (χ3v) is 3.19. The number of anilines is 1. The summed E-state index contributed by atoms with van der Waals surface area (Å²) in [6, 6.07) is 1.15. The molecule has 1 aromatic heterocycles. The van der Waals surface area contributed by atoms with Crippen LogP contribution in [0.3, 0.4) is 0 Å². The first kappa shape index (κ1) is 11.9. The van der Waals surface area contributed by atoms with Crippen molar-refractivity contribution in [3.8, 4) is 0 Å². The van der Waals surface area contributed by atoms with Crippen LogP contribution in [-0.2, 0) is 11.3 Å². The third kappa shape index (κ3) is 2.80. The molecule has 1 saturated heterocycles. The molecule has 1 aliphatic carbocycles. The lowest BCUT2D eigenvalue weighted by Gasteiger charge is -2.30. The molecule has 0 amide bonds. The van der Waals surface area contributed by atoms with Gasteiger partial charge in [-0.3, -0.25) is 0 Å². The van der Waals surface area contributed by atoms with E-state index in [-0.39, 0.29) is 12.7 Å². The molecule has 1 aromatic rings. The van der Waals surface area contributed by atoms with E-state index in [4.69, 9.17) is 14.3 Å². The molecule has 7 heteroatoms. The van der Waals surface area contributed by atoms with Crippen LogP contribution in [0.2, 0.25) is 0 Å². The minimum Gasteiger partial charge on any atom is -0.407 e. The van der Waals surface area contributed by atoms with Gasteiger partial charge in [0.2, 0.25) is 5.89 Å². The summed E-state index contributed by atoms with van der Waals surface area (Å²) in [5, 5.41) is 20.5. The number of hydrogen-bond acceptors (Lipinski definition) is 7. The summed E-state index contributed by atoms with van der Waals surface area (Å²) in [6.45, 7) is 2.53. The van der Waals surface area contributed by atoms with E-state index >= 15 is 0 Å². The number of hydrogen-bond donors (Lipinski definition) is 2. The van der Waals surface area contributed by atoms with Crippen LogP contribution in [0, 0.1) is 0 Å². The Labute approximate surface area is 105 Å². The molecule has 0 spiro atoms. The molecule has 100 valence electrons. The quantitative estimate of drug-likeness (QED) is 0.734.